The van der Waals surface area contributed by atoms with Gasteiger partial charge in [0.2, 0.25) is 0 Å². The van der Waals surface area contributed by atoms with Gasteiger partial charge in [0.15, 0.2) is 0 Å². The molecule has 0 spiro atoms. The van der Waals surface area contributed by atoms with E-state index in [1.54, 1.807) is 6.26 Å². The molecule has 0 saturated carbocycles. The number of nitrogens with zero attached hydrogens (tertiary/aromatic N) is 1. The molecule has 0 unspecified atom stereocenters. The van der Waals surface area contributed by atoms with Crippen LogP contribution in [0.2, 0.25) is 0 Å². The van der Waals surface area contributed by atoms with Crippen molar-refractivity contribution in [3.05, 3.63) is 41.3 Å². The van der Waals surface area contributed by atoms with Crippen LogP contribution in [0.5, 0.6) is 11.8 Å². The molecule has 0 radical (unpaired) electrons. The van der Waals surface area contributed by atoms with Gasteiger partial charge < -0.3 is 14.5 Å². The van der Waals surface area contributed by atoms with Crippen molar-refractivity contribution in [1.29, 1.82) is 0 Å². The second-order valence-electron chi connectivity index (χ2n) is 5.56. The van der Waals surface area contributed by atoms with Gasteiger partial charge in [-0.25, -0.2) is 0 Å². The largest absolute Gasteiger partial charge is 0.417 e. The summed E-state index contributed by atoms with van der Waals surface area (Å²) < 4.78 is 11.0. The fraction of sp³-hybridized carbons (Fsp3) is 0.471. The van der Waals surface area contributed by atoms with Crippen molar-refractivity contribution in [3.8, 4) is 11.8 Å². The molecule has 1 heterocycles. The first-order valence-corrected chi connectivity index (χ1v) is 7.53. The molecule has 0 saturated heterocycles. The van der Waals surface area contributed by atoms with Gasteiger partial charge in [0.25, 0.3) is 0 Å². The summed E-state index contributed by atoms with van der Waals surface area (Å²) in [7, 11) is 0. The van der Waals surface area contributed by atoms with E-state index in [1.165, 1.54) is 11.1 Å². The average molecular weight is 288 g/mol. The lowest BCUT2D eigenvalue weighted by Gasteiger charge is -2.10. The van der Waals surface area contributed by atoms with Crippen molar-refractivity contribution < 1.29 is 9.15 Å². The van der Waals surface area contributed by atoms with Gasteiger partial charge in [0.1, 0.15) is 12.0 Å². The van der Waals surface area contributed by atoms with E-state index in [0.29, 0.717) is 18.5 Å². The van der Waals surface area contributed by atoms with Crippen LogP contribution in [0, 0.1) is 6.92 Å². The summed E-state index contributed by atoms with van der Waals surface area (Å²) in [6, 6.07) is 6.08. The Bertz CT molecular complexity index is 576. The van der Waals surface area contributed by atoms with E-state index < -0.39 is 0 Å². The van der Waals surface area contributed by atoms with Gasteiger partial charge in [0.05, 0.1) is 5.69 Å². The van der Waals surface area contributed by atoms with Crippen molar-refractivity contribution in [2.45, 2.75) is 46.6 Å². The maximum Gasteiger partial charge on any atom is 0.399 e. The Labute approximate surface area is 126 Å². The number of benzene rings is 1. The van der Waals surface area contributed by atoms with Crippen LogP contribution in [-0.4, -0.2) is 11.5 Å². The molecule has 0 fully saturated rings. The molecule has 0 aliphatic carbocycles. The molecular formula is C17H24N2O2. The minimum absolute atomic E-state index is 0.292. The Hall–Kier alpha value is -1.81. The SMILES string of the molecule is CCCNCc1coc(Oc2ccc(C(C)C)c(C)c2)n1. The van der Waals surface area contributed by atoms with Crippen molar-refractivity contribution in [3.63, 3.8) is 0 Å². The second kappa shape index (κ2) is 7.27. The summed E-state index contributed by atoms with van der Waals surface area (Å²) in [6.07, 6.45) is 3.02. The molecule has 0 aliphatic heterocycles. The Balaban J connectivity index is 2.00. The lowest BCUT2D eigenvalue weighted by molar-refractivity contribution is 0.330. The Morgan fingerprint density at radius 2 is 2.14 bits per heavy atom. The third kappa shape index (κ3) is 4.33. The predicted molar refractivity (Wildman–Crippen MR) is 83.8 cm³/mol. The summed E-state index contributed by atoms with van der Waals surface area (Å²) in [5.74, 6) is 1.27. The molecule has 4 nitrogen and oxygen atoms in total. The van der Waals surface area contributed by atoms with E-state index in [4.69, 9.17) is 9.15 Å². The number of hydrogen-bond acceptors (Lipinski definition) is 4. The minimum Gasteiger partial charge on any atom is -0.417 e. The van der Waals surface area contributed by atoms with Gasteiger partial charge in [-0.05, 0) is 49.1 Å². The zero-order chi connectivity index (χ0) is 15.2. The average Bonchev–Trinajstić information content (AvgIpc) is 2.86. The molecule has 1 aromatic carbocycles. The second-order valence-corrected chi connectivity index (χ2v) is 5.56. The van der Waals surface area contributed by atoms with Crippen LogP contribution in [0.3, 0.4) is 0 Å². The first kappa shape index (κ1) is 15.6. The number of aromatic nitrogens is 1. The lowest BCUT2D eigenvalue weighted by Crippen LogP contribution is -2.13. The summed E-state index contributed by atoms with van der Waals surface area (Å²) in [6.45, 7) is 10.3. The molecule has 21 heavy (non-hydrogen) atoms. The van der Waals surface area contributed by atoms with E-state index in [0.717, 1.165) is 24.4 Å². The molecule has 0 aliphatic rings. The molecule has 0 atom stereocenters. The standard InChI is InChI=1S/C17H24N2O2/c1-5-8-18-10-14-11-20-17(19-14)21-15-6-7-16(12(2)3)13(4)9-15/h6-7,9,11-12,18H,5,8,10H2,1-4H3. The van der Waals surface area contributed by atoms with E-state index in [9.17, 15) is 0 Å². The molecule has 0 bridgehead atoms. The van der Waals surface area contributed by atoms with Gasteiger partial charge in [0, 0.05) is 6.54 Å². The van der Waals surface area contributed by atoms with E-state index in [-0.39, 0.29) is 0 Å². The topological polar surface area (TPSA) is 47.3 Å². The maximum atomic E-state index is 5.68. The van der Waals surface area contributed by atoms with Crippen LogP contribution in [0.25, 0.3) is 0 Å². The number of hydrogen-bond donors (Lipinski definition) is 1. The van der Waals surface area contributed by atoms with Crippen molar-refractivity contribution >= 4 is 0 Å². The van der Waals surface area contributed by atoms with Crippen molar-refractivity contribution in [2.24, 2.45) is 0 Å². The van der Waals surface area contributed by atoms with Crippen LogP contribution in [0.15, 0.2) is 28.9 Å². The molecule has 4 heteroatoms. The van der Waals surface area contributed by atoms with Gasteiger partial charge >= 0.3 is 6.08 Å². The highest BCUT2D eigenvalue weighted by molar-refractivity contribution is 5.37. The first-order chi connectivity index (χ1) is 10.1. The first-order valence-electron chi connectivity index (χ1n) is 7.53. The number of nitrogens with one attached hydrogen (secondary N) is 1. The van der Waals surface area contributed by atoms with Crippen molar-refractivity contribution in [1.82, 2.24) is 10.3 Å². The number of rotatable bonds is 7. The third-order valence-electron chi connectivity index (χ3n) is 3.33. The minimum atomic E-state index is 0.292. The highest BCUT2D eigenvalue weighted by atomic mass is 16.6. The zero-order valence-corrected chi connectivity index (χ0v) is 13.3. The third-order valence-corrected chi connectivity index (χ3v) is 3.33. The monoisotopic (exact) mass is 288 g/mol. The summed E-state index contributed by atoms with van der Waals surface area (Å²) in [5, 5.41) is 3.28. The van der Waals surface area contributed by atoms with E-state index in [1.807, 2.05) is 12.1 Å². The van der Waals surface area contributed by atoms with Crippen LogP contribution >= 0.6 is 0 Å². The molecule has 114 valence electrons. The van der Waals surface area contributed by atoms with Gasteiger partial charge in [-0.3, -0.25) is 0 Å². The molecule has 0 amide bonds. The van der Waals surface area contributed by atoms with Crippen LogP contribution in [-0.2, 0) is 6.54 Å². The van der Waals surface area contributed by atoms with E-state index >= 15 is 0 Å². The predicted octanol–water partition coefficient (Wildman–Crippen LogP) is 4.40. The van der Waals surface area contributed by atoms with Crippen LogP contribution < -0.4 is 10.1 Å². The van der Waals surface area contributed by atoms with Gasteiger partial charge in [-0.15, -0.1) is 0 Å². The smallest absolute Gasteiger partial charge is 0.399 e. The number of aryl methyl sites for hydroxylation is 1. The maximum absolute atomic E-state index is 5.68. The van der Waals surface area contributed by atoms with Gasteiger partial charge in [-0.1, -0.05) is 26.8 Å². The highest BCUT2D eigenvalue weighted by Gasteiger charge is 2.09. The molecule has 2 rings (SSSR count). The Morgan fingerprint density at radius 3 is 2.81 bits per heavy atom. The quantitative estimate of drug-likeness (QED) is 0.767. The van der Waals surface area contributed by atoms with Gasteiger partial charge in [-0.2, -0.15) is 4.98 Å². The van der Waals surface area contributed by atoms with Crippen LogP contribution in [0.1, 0.15) is 49.9 Å². The molecule has 1 aromatic heterocycles. The summed E-state index contributed by atoms with van der Waals surface area (Å²) in [5.41, 5.74) is 3.41. The van der Waals surface area contributed by atoms with Crippen molar-refractivity contribution in [2.75, 3.05) is 6.54 Å². The summed E-state index contributed by atoms with van der Waals surface area (Å²) in [4.78, 5) is 4.31. The fourth-order valence-corrected chi connectivity index (χ4v) is 2.27. The number of oxazole rings is 1. The summed E-state index contributed by atoms with van der Waals surface area (Å²) >= 11 is 0. The molecule has 1 N–H and O–H groups in total. The normalized spacial score (nSPS) is 11.1. The number of ether oxygens (including phenoxy) is 1. The van der Waals surface area contributed by atoms with Crippen LogP contribution in [0.4, 0.5) is 0 Å². The Morgan fingerprint density at radius 1 is 1.33 bits per heavy atom. The highest BCUT2D eigenvalue weighted by Crippen LogP contribution is 2.26. The molecular weight excluding hydrogens is 264 g/mol. The lowest BCUT2D eigenvalue weighted by atomic mass is 9.98. The molecule has 2 aromatic rings. The Kier molecular flexibility index (Phi) is 5.39. The zero-order valence-electron chi connectivity index (χ0n) is 13.3. The fourth-order valence-electron chi connectivity index (χ4n) is 2.27. The van der Waals surface area contributed by atoms with E-state index in [2.05, 4.69) is 44.1 Å².